The van der Waals surface area contributed by atoms with Crippen LogP contribution in [0.1, 0.15) is 6.42 Å². The van der Waals surface area contributed by atoms with E-state index in [0.29, 0.717) is 57.5 Å². The van der Waals surface area contributed by atoms with Gasteiger partial charge in [0, 0.05) is 17.3 Å². The third-order valence-electron chi connectivity index (χ3n) is 4.25. The minimum atomic E-state index is 0.141. The van der Waals surface area contributed by atoms with Gasteiger partial charge in [-0.05, 0) is 41.1 Å². The molecular weight excluding hydrogens is 532 g/mol. The highest BCUT2D eigenvalue weighted by Crippen LogP contribution is 2.48. The van der Waals surface area contributed by atoms with Gasteiger partial charge in [-0.1, -0.05) is 11.6 Å². The molecule has 0 saturated heterocycles. The number of anilines is 2. The van der Waals surface area contributed by atoms with Crippen molar-refractivity contribution in [2.75, 3.05) is 31.7 Å². The fraction of sp³-hybridized carbons (Fsp3) is 0.263. The molecule has 1 aromatic heterocycles. The molecule has 7 nitrogen and oxygen atoms in total. The van der Waals surface area contributed by atoms with E-state index in [1.165, 1.54) is 6.33 Å². The van der Waals surface area contributed by atoms with Gasteiger partial charge in [-0.2, -0.15) is 0 Å². The van der Waals surface area contributed by atoms with Crippen molar-refractivity contribution in [2.24, 2.45) is 0 Å². The molecule has 1 N–H and O–H groups in total. The normalized spacial score (nSPS) is 12.3. The first kappa shape index (κ1) is 20.4. The second kappa shape index (κ2) is 8.85. The van der Waals surface area contributed by atoms with E-state index in [9.17, 15) is 0 Å². The van der Waals surface area contributed by atoms with Gasteiger partial charge in [-0.3, -0.25) is 0 Å². The quantitative estimate of drug-likeness (QED) is 0.242. The van der Waals surface area contributed by atoms with Gasteiger partial charge in [0.05, 0.1) is 27.8 Å². The number of benzene rings is 2. The molecule has 0 amide bonds. The highest BCUT2D eigenvalue weighted by molar-refractivity contribution is 14.1. The molecule has 3 aromatic rings. The van der Waals surface area contributed by atoms with Crippen LogP contribution < -0.4 is 24.3 Å². The van der Waals surface area contributed by atoms with Crippen LogP contribution in [0.15, 0.2) is 24.5 Å². The third-order valence-corrected chi connectivity index (χ3v) is 5.62. The zero-order chi connectivity index (χ0) is 20.4. The summed E-state index contributed by atoms with van der Waals surface area (Å²) in [6.45, 7) is 0.630. The molecule has 2 heterocycles. The molecule has 0 aliphatic carbocycles. The maximum absolute atomic E-state index is 6.47. The van der Waals surface area contributed by atoms with E-state index in [1.807, 2.05) is 18.2 Å². The zero-order valence-corrected chi connectivity index (χ0v) is 19.0. The lowest BCUT2D eigenvalue weighted by Crippen LogP contribution is -2.02. The summed E-state index contributed by atoms with van der Waals surface area (Å²) in [7, 11) is 1.58. The molecule has 29 heavy (non-hydrogen) atoms. The Morgan fingerprint density at radius 2 is 2.00 bits per heavy atom. The molecule has 152 valence electrons. The van der Waals surface area contributed by atoms with Crippen molar-refractivity contribution in [3.8, 4) is 23.0 Å². The summed E-state index contributed by atoms with van der Waals surface area (Å²) in [6, 6.07) is 5.45. The molecule has 1 aliphatic heterocycles. The fourth-order valence-corrected chi connectivity index (χ4v) is 4.15. The molecule has 0 fully saturated rings. The van der Waals surface area contributed by atoms with Crippen LogP contribution in [-0.2, 0) is 0 Å². The lowest BCUT2D eigenvalue weighted by Gasteiger charge is -2.15. The summed E-state index contributed by atoms with van der Waals surface area (Å²) in [6.07, 6.45) is 2.20. The minimum absolute atomic E-state index is 0.141. The summed E-state index contributed by atoms with van der Waals surface area (Å²) in [5.41, 5.74) is 1.28. The Hall–Kier alpha value is -1.91. The van der Waals surface area contributed by atoms with Crippen LogP contribution in [-0.4, -0.2) is 36.4 Å². The Kier molecular flexibility index (Phi) is 6.21. The first-order chi connectivity index (χ1) is 14.1. The van der Waals surface area contributed by atoms with Crippen LogP contribution in [0, 0.1) is 3.57 Å². The predicted octanol–water partition coefficient (Wildman–Crippen LogP) is 5.38. The van der Waals surface area contributed by atoms with Gasteiger partial charge in [0.25, 0.3) is 0 Å². The van der Waals surface area contributed by atoms with Gasteiger partial charge in [-0.15, -0.1) is 11.6 Å². The molecule has 10 heteroatoms. The summed E-state index contributed by atoms with van der Waals surface area (Å²) in [5, 5.41) is 4.51. The number of aromatic nitrogens is 2. The first-order valence-corrected chi connectivity index (χ1v) is 10.7. The number of hydrogen-bond donors (Lipinski definition) is 1. The Morgan fingerprint density at radius 3 is 2.79 bits per heavy atom. The number of methoxy groups -OCH3 is 1. The Bertz CT molecular complexity index is 1070. The maximum atomic E-state index is 6.47. The van der Waals surface area contributed by atoms with Gasteiger partial charge >= 0.3 is 0 Å². The van der Waals surface area contributed by atoms with E-state index >= 15 is 0 Å². The predicted molar refractivity (Wildman–Crippen MR) is 120 cm³/mol. The van der Waals surface area contributed by atoms with E-state index in [-0.39, 0.29) is 6.79 Å². The maximum Gasteiger partial charge on any atom is 0.231 e. The van der Waals surface area contributed by atoms with Crippen molar-refractivity contribution in [1.82, 2.24) is 9.97 Å². The van der Waals surface area contributed by atoms with Crippen LogP contribution in [0.5, 0.6) is 23.0 Å². The van der Waals surface area contributed by atoms with Crippen LogP contribution in [0.2, 0.25) is 5.02 Å². The second-order valence-electron chi connectivity index (χ2n) is 6.04. The highest BCUT2D eigenvalue weighted by Gasteiger charge is 2.25. The monoisotopic (exact) mass is 547 g/mol. The van der Waals surface area contributed by atoms with E-state index in [1.54, 1.807) is 7.11 Å². The molecule has 0 atom stereocenters. The molecule has 0 radical (unpaired) electrons. The molecular formula is C19H16Cl2IN3O4. The Labute approximate surface area is 190 Å². The largest absolute Gasteiger partial charge is 0.493 e. The topological polar surface area (TPSA) is 74.7 Å². The molecule has 0 saturated carbocycles. The minimum Gasteiger partial charge on any atom is -0.493 e. The number of nitrogens with one attached hydrogen (secondary N) is 1. The fourth-order valence-electron chi connectivity index (χ4n) is 2.91. The summed E-state index contributed by atoms with van der Waals surface area (Å²) in [4.78, 5) is 8.73. The van der Waals surface area contributed by atoms with Crippen molar-refractivity contribution >= 4 is 68.2 Å². The van der Waals surface area contributed by atoms with Gasteiger partial charge in [0.2, 0.25) is 6.79 Å². The molecule has 0 bridgehead atoms. The number of alkyl halides is 1. The van der Waals surface area contributed by atoms with E-state index in [2.05, 4.69) is 37.9 Å². The molecule has 1 aliphatic rings. The average Bonchev–Trinajstić information content (AvgIpc) is 3.21. The van der Waals surface area contributed by atoms with Crippen molar-refractivity contribution in [2.45, 2.75) is 6.42 Å². The molecule has 4 rings (SSSR count). The van der Waals surface area contributed by atoms with E-state index in [4.69, 9.17) is 42.1 Å². The number of halogens is 3. The van der Waals surface area contributed by atoms with Gasteiger partial charge < -0.3 is 24.3 Å². The van der Waals surface area contributed by atoms with Crippen molar-refractivity contribution in [3.63, 3.8) is 0 Å². The smallest absolute Gasteiger partial charge is 0.231 e. The zero-order valence-electron chi connectivity index (χ0n) is 15.3. The average molecular weight is 548 g/mol. The first-order valence-electron chi connectivity index (χ1n) is 8.68. The number of hydrogen-bond acceptors (Lipinski definition) is 7. The van der Waals surface area contributed by atoms with E-state index < -0.39 is 0 Å². The Morgan fingerprint density at radius 1 is 1.17 bits per heavy atom. The molecule has 0 spiro atoms. The van der Waals surface area contributed by atoms with E-state index in [0.717, 1.165) is 15.4 Å². The van der Waals surface area contributed by atoms with Gasteiger partial charge in [0.1, 0.15) is 17.8 Å². The number of ether oxygens (including phenoxy) is 4. The lowest BCUT2D eigenvalue weighted by molar-refractivity contribution is 0.174. The standard InChI is InChI=1S/C19H16Cl2IN3O4/c1-26-14-5-10-13(7-15(14)27-4-2-3-20)23-8-24-19(10)25-16-11(21)6-12(22)17-18(16)29-9-28-17/h5-8H,2-4,9H2,1H3,(H,23,24,25). The van der Waals surface area contributed by atoms with Gasteiger partial charge in [-0.25, -0.2) is 9.97 Å². The summed E-state index contributed by atoms with van der Waals surface area (Å²) < 4.78 is 23.3. The second-order valence-corrected chi connectivity index (χ2v) is 7.99. The Balaban J connectivity index is 1.75. The van der Waals surface area contributed by atoms with Crippen LogP contribution in [0.4, 0.5) is 11.5 Å². The highest BCUT2D eigenvalue weighted by atomic mass is 127. The van der Waals surface area contributed by atoms with Crippen molar-refractivity contribution in [3.05, 3.63) is 33.1 Å². The van der Waals surface area contributed by atoms with Gasteiger partial charge in [0.15, 0.2) is 23.0 Å². The van der Waals surface area contributed by atoms with Crippen molar-refractivity contribution in [1.29, 1.82) is 0 Å². The molecule has 0 unspecified atom stereocenters. The molecule has 2 aromatic carbocycles. The van der Waals surface area contributed by atoms with Crippen molar-refractivity contribution < 1.29 is 18.9 Å². The summed E-state index contributed by atoms with van der Waals surface area (Å²) >= 11 is 14.4. The third kappa shape index (κ3) is 4.06. The number of fused-ring (bicyclic) bond motifs is 2. The summed E-state index contributed by atoms with van der Waals surface area (Å²) in [5.74, 6) is 3.47. The lowest BCUT2D eigenvalue weighted by atomic mass is 10.2. The SMILES string of the molecule is COc1cc2c(Nc3c(Cl)cc(I)c4c3OCO4)ncnc2cc1OCCCCl. The van der Waals surface area contributed by atoms with Crippen LogP contribution in [0.25, 0.3) is 10.9 Å². The van der Waals surface area contributed by atoms with Crippen LogP contribution in [0.3, 0.4) is 0 Å². The van der Waals surface area contributed by atoms with Crippen LogP contribution >= 0.6 is 45.8 Å². The number of nitrogens with zero attached hydrogens (tertiary/aromatic N) is 2. The number of rotatable bonds is 7.